The summed E-state index contributed by atoms with van der Waals surface area (Å²) in [6.07, 6.45) is 1.13. The average molecular weight is 303 g/mol. The van der Waals surface area contributed by atoms with Crippen LogP contribution in [0.5, 0.6) is 0 Å². The molecule has 1 aliphatic rings. The van der Waals surface area contributed by atoms with Crippen molar-refractivity contribution in [3.63, 3.8) is 0 Å². The highest BCUT2D eigenvalue weighted by Gasteiger charge is 2.24. The summed E-state index contributed by atoms with van der Waals surface area (Å²) in [5.74, 6) is 0.567. The van der Waals surface area contributed by atoms with Crippen molar-refractivity contribution in [3.05, 3.63) is 64.2 Å². The van der Waals surface area contributed by atoms with Gasteiger partial charge in [-0.05, 0) is 35.7 Å². The molecule has 4 heteroatoms. The van der Waals surface area contributed by atoms with Crippen LogP contribution >= 0.6 is 23.8 Å². The second kappa shape index (κ2) is 5.43. The molecule has 1 aliphatic carbocycles. The zero-order chi connectivity index (χ0) is 14.1. The Morgan fingerprint density at radius 1 is 1.30 bits per heavy atom. The third-order valence-electron chi connectivity index (χ3n) is 3.75. The number of hydrogen-bond donors (Lipinski definition) is 2. The lowest BCUT2D eigenvalue weighted by Gasteiger charge is -2.30. The van der Waals surface area contributed by atoms with Crippen molar-refractivity contribution in [2.45, 2.75) is 12.3 Å². The molecule has 0 fully saturated rings. The molecule has 20 heavy (non-hydrogen) atoms. The Morgan fingerprint density at radius 2 is 2.10 bits per heavy atom. The van der Waals surface area contributed by atoms with E-state index in [2.05, 4.69) is 29.6 Å². The number of rotatable bonds is 4. The fourth-order valence-corrected chi connectivity index (χ4v) is 2.96. The molecule has 2 aromatic rings. The quantitative estimate of drug-likeness (QED) is 0.845. The minimum atomic E-state index is 0.367. The Balaban J connectivity index is 1.67. The maximum absolute atomic E-state index is 6.24. The number of nitrogens with one attached hydrogen (secondary N) is 1. The highest BCUT2D eigenvalue weighted by Crippen LogP contribution is 2.35. The molecule has 1 unspecified atom stereocenters. The van der Waals surface area contributed by atoms with Crippen LogP contribution in [0.2, 0.25) is 5.02 Å². The lowest BCUT2D eigenvalue weighted by atomic mass is 9.77. The van der Waals surface area contributed by atoms with Gasteiger partial charge in [0, 0.05) is 18.0 Å². The van der Waals surface area contributed by atoms with Crippen LogP contribution in [0.1, 0.15) is 22.6 Å². The topological polar surface area (TPSA) is 38.0 Å². The number of hydrogen-bond acceptors (Lipinski definition) is 2. The maximum Gasteiger partial charge on any atom is 0.104 e. The summed E-state index contributed by atoms with van der Waals surface area (Å²) in [5, 5.41) is 4.06. The molecule has 102 valence electrons. The fourth-order valence-electron chi connectivity index (χ4n) is 2.59. The summed E-state index contributed by atoms with van der Waals surface area (Å²) in [4.78, 5) is 0.367. The van der Waals surface area contributed by atoms with Gasteiger partial charge in [0.1, 0.15) is 4.99 Å². The van der Waals surface area contributed by atoms with Crippen LogP contribution in [0.15, 0.2) is 42.5 Å². The van der Waals surface area contributed by atoms with Gasteiger partial charge in [-0.25, -0.2) is 0 Å². The highest BCUT2D eigenvalue weighted by molar-refractivity contribution is 7.80. The Morgan fingerprint density at radius 3 is 2.80 bits per heavy atom. The SMILES string of the molecule is NC(=S)c1ccc(NCC2Cc3ccccc32)c(Cl)c1. The molecule has 2 nitrogen and oxygen atoms in total. The first-order chi connectivity index (χ1) is 9.65. The molecule has 0 radical (unpaired) electrons. The van der Waals surface area contributed by atoms with Gasteiger partial charge in [0.05, 0.1) is 10.7 Å². The molecule has 3 rings (SSSR count). The van der Waals surface area contributed by atoms with Crippen LogP contribution in [-0.2, 0) is 6.42 Å². The molecule has 0 amide bonds. The van der Waals surface area contributed by atoms with E-state index < -0.39 is 0 Å². The van der Waals surface area contributed by atoms with Gasteiger partial charge in [-0.15, -0.1) is 0 Å². The molecule has 0 bridgehead atoms. The molecule has 0 heterocycles. The van der Waals surface area contributed by atoms with E-state index in [1.54, 1.807) is 6.07 Å². The maximum atomic E-state index is 6.24. The van der Waals surface area contributed by atoms with Gasteiger partial charge >= 0.3 is 0 Å². The minimum Gasteiger partial charge on any atom is -0.389 e. The third-order valence-corrected chi connectivity index (χ3v) is 4.30. The largest absolute Gasteiger partial charge is 0.389 e. The zero-order valence-corrected chi connectivity index (χ0v) is 12.5. The van der Waals surface area contributed by atoms with Gasteiger partial charge in [0.15, 0.2) is 0 Å². The molecule has 0 spiro atoms. The van der Waals surface area contributed by atoms with Crippen LogP contribution in [0.3, 0.4) is 0 Å². The van der Waals surface area contributed by atoms with Crippen LogP contribution in [0.25, 0.3) is 0 Å². The van der Waals surface area contributed by atoms with Crippen LogP contribution in [0, 0.1) is 0 Å². The van der Waals surface area contributed by atoms with E-state index in [0.717, 1.165) is 24.2 Å². The number of benzene rings is 2. The molecule has 0 saturated carbocycles. The standard InChI is InChI=1S/C16H15ClN2S/c17-14-8-11(16(18)20)5-6-15(14)19-9-12-7-10-3-1-2-4-13(10)12/h1-6,8,12,19H,7,9H2,(H2,18,20). The summed E-state index contributed by atoms with van der Waals surface area (Å²) >= 11 is 11.2. The molecule has 3 N–H and O–H groups in total. The molecule has 0 aliphatic heterocycles. The van der Waals surface area contributed by atoms with Gasteiger partial charge in [0.25, 0.3) is 0 Å². The summed E-state index contributed by atoms with van der Waals surface area (Å²) in [6.45, 7) is 0.892. The summed E-state index contributed by atoms with van der Waals surface area (Å²) in [5.41, 5.74) is 10.2. The second-order valence-corrected chi connectivity index (χ2v) is 5.89. The first kappa shape index (κ1) is 13.4. The van der Waals surface area contributed by atoms with Gasteiger partial charge in [-0.3, -0.25) is 0 Å². The van der Waals surface area contributed by atoms with Crippen molar-refractivity contribution in [2.75, 3.05) is 11.9 Å². The van der Waals surface area contributed by atoms with Crippen LogP contribution < -0.4 is 11.1 Å². The molecule has 0 aromatic heterocycles. The van der Waals surface area contributed by atoms with Crippen molar-refractivity contribution in [2.24, 2.45) is 5.73 Å². The molecule has 0 saturated heterocycles. The van der Waals surface area contributed by atoms with Crippen molar-refractivity contribution >= 4 is 34.5 Å². The number of nitrogens with two attached hydrogens (primary N) is 1. The lowest BCUT2D eigenvalue weighted by molar-refractivity contribution is 0.636. The molecule has 1 atom stereocenters. The lowest BCUT2D eigenvalue weighted by Crippen LogP contribution is -2.24. The van der Waals surface area contributed by atoms with Gasteiger partial charge in [-0.1, -0.05) is 48.1 Å². The van der Waals surface area contributed by atoms with E-state index in [4.69, 9.17) is 29.6 Å². The molecular weight excluding hydrogens is 288 g/mol. The Labute approximate surface area is 128 Å². The van der Waals surface area contributed by atoms with E-state index in [1.807, 2.05) is 12.1 Å². The Kier molecular flexibility index (Phi) is 3.64. The fraction of sp³-hybridized carbons (Fsp3) is 0.188. The molecule has 2 aromatic carbocycles. The Bertz CT molecular complexity index is 669. The number of halogens is 1. The third kappa shape index (κ3) is 2.51. The van der Waals surface area contributed by atoms with Crippen LogP contribution in [0.4, 0.5) is 5.69 Å². The van der Waals surface area contributed by atoms with Gasteiger partial charge in [0.2, 0.25) is 0 Å². The monoisotopic (exact) mass is 302 g/mol. The minimum absolute atomic E-state index is 0.367. The van der Waals surface area contributed by atoms with Crippen LogP contribution in [-0.4, -0.2) is 11.5 Å². The first-order valence-corrected chi connectivity index (χ1v) is 7.35. The normalized spacial score (nSPS) is 16.1. The van der Waals surface area contributed by atoms with E-state index in [9.17, 15) is 0 Å². The first-order valence-electron chi connectivity index (χ1n) is 6.56. The van der Waals surface area contributed by atoms with E-state index in [-0.39, 0.29) is 0 Å². The predicted octanol–water partition coefficient (Wildman–Crippen LogP) is 3.73. The van der Waals surface area contributed by atoms with Crippen molar-refractivity contribution in [3.8, 4) is 0 Å². The van der Waals surface area contributed by atoms with E-state index >= 15 is 0 Å². The number of anilines is 1. The number of thiocarbonyl (C=S) groups is 1. The van der Waals surface area contributed by atoms with Crippen molar-refractivity contribution in [1.29, 1.82) is 0 Å². The second-order valence-electron chi connectivity index (χ2n) is 5.04. The van der Waals surface area contributed by atoms with Crippen molar-refractivity contribution < 1.29 is 0 Å². The average Bonchev–Trinajstić information content (AvgIpc) is 2.41. The smallest absolute Gasteiger partial charge is 0.104 e. The Hall–Kier alpha value is -1.58. The summed E-state index contributed by atoms with van der Waals surface area (Å²) in [7, 11) is 0. The van der Waals surface area contributed by atoms with E-state index in [0.29, 0.717) is 15.9 Å². The van der Waals surface area contributed by atoms with Gasteiger partial charge in [-0.2, -0.15) is 0 Å². The van der Waals surface area contributed by atoms with Crippen molar-refractivity contribution in [1.82, 2.24) is 0 Å². The van der Waals surface area contributed by atoms with Gasteiger partial charge < -0.3 is 11.1 Å². The summed E-state index contributed by atoms with van der Waals surface area (Å²) < 4.78 is 0. The molecular formula is C16H15ClN2S. The highest BCUT2D eigenvalue weighted by atomic mass is 35.5. The zero-order valence-electron chi connectivity index (χ0n) is 10.9. The van der Waals surface area contributed by atoms with E-state index in [1.165, 1.54) is 11.1 Å². The number of fused-ring (bicyclic) bond motifs is 1. The predicted molar refractivity (Wildman–Crippen MR) is 88.7 cm³/mol. The summed E-state index contributed by atoms with van der Waals surface area (Å²) in [6, 6.07) is 14.2.